The molecule has 248 valence electrons. The second-order valence-corrected chi connectivity index (χ2v) is 14.2. The molecule has 0 N–H and O–H groups in total. The van der Waals surface area contributed by atoms with Crippen LogP contribution in [0.1, 0.15) is 25.0 Å². The van der Waals surface area contributed by atoms with Gasteiger partial charge in [0.15, 0.2) is 0 Å². The molecule has 1 heteroatoms. The van der Waals surface area contributed by atoms with Crippen molar-refractivity contribution in [3.8, 4) is 55.6 Å². The van der Waals surface area contributed by atoms with Crippen molar-refractivity contribution in [3.05, 3.63) is 211 Å². The van der Waals surface area contributed by atoms with Crippen LogP contribution in [0.15, 0.2) is 200 Å². The minimum absolute atomic E-state index is 0.208. The average Bonchev–Trinajstić information content (AvgIpc) is 3.46. The Kier molecular flexibility index (Phi) is 7.90. The second kappa shape index (κ2) is 13.0. The molecular formula is C51H39N. The number of anilines is 3. The molecule has 0 unspecified atom stereocenters. The summed E-state index contributed by atoms with van der Waals surface area (Å²) in [6.45, 7) is 4.78. The fourth-order valence-corrected chi connectivity index (χ4v) is 8.11. The molecule has 0 heterocycles. The molecular weight excluding hydrogens is 627 g/mol. The van der Waals surface area contributed by atoms with Crippen LogP contribution in [0.25, 0.3) is 55.6 Å². The summed E-state index contributed by atoms with van der Waals surface area (Å²) in [5, 5.41) is 0. The van der Waals surface area contributed by atoms with Gasteiger partial charge in [0.05, 0.1) is 5.69 Å². The normalized spacial score (nSPS) is 12.6. The number of rotatable bonds is 7. The molecule has 52 heavy (non-hydrogen) atoms. The molecule has 0 spiro atoms. The summed E-state index contributed by atoms with van der Waals surface area (Å²) in [5.74, 6) is 0. The van der Waals surface area contributed by atoms with Gasteiger partial charge in [-0.1, -0.05) is 178 Å². The van der Waals surface area contributed by atoms with E-state index in [0.29, 0.717) is 0 Å². The van der Waals surface area contributed by atoms with E-state index in [1.54, 1.807) is 0 Å². The third-order valence-corrected chi connectivity index (χ3v) is 10.7. The highest BCUT2D eigenvalue weighted by Gasteiger charge is 2.40. The summed E-state index contributed by atoms with van der Waals surface area (Å²) in [5.41, 5.74) is 18.3. The molecule has 0 bridgehead atoms. The Morgan fingerprint density at radius 2 is 0.788 bits per heavy atom. The lowest BCUT2D eigenvalue weighted by Crippen LogP contribution is -2.17. The van der Waals surface area contributed by atoms with Crippen LogP contribution in [0.4, 0.5) is 17.1 Å². The molecule has 8 aromatic carbocycles. The molecule has 0 amide bonds. The molecule has 0 aromatic heterocycles. The Hall–Kier alpha value is -6.44. The van der Waals surface area contributed by atoms with Gasteiger partial charge in [0.25, 0.3) is 0 Å². The van der Waals surface area contributed by atoms with Gasteiger partial charge in [-0.2, -0.15) is 0 Å². The molecule has 1 aliphatic rings. The molecule has 0 saturated heterocycles. The Labute approximate surface area is 307 Å². The first-order valence-corrected chi connectivity index (χ1v) is 18.1. The van der Waals surface area contributed by atoms with Crippen LogP contribution in [-0.2, 0) is 5.41 Å². The SMILES string of the molecule is CC1(C)c2ccccc2-c2c(N(c3ccc(-c4ccccc4)cc3)c3ccc(-c4ccccc4)cc3)ccc(-c3cccc(-c4ccccc4)c3)c21. The molecule has 0 aliphatic heterocycles. The first-order chi connectivity index (χ1) is 25.6. The van der Waals surface area contributed by atoms with Gasteiger partial charge in [0.1, 0.15) is 0 Å². The summed E-state index contributed by atoms with van der Waals surface area (Å²) in [4.78, 5) is 2.45. The van der Waals surface area contributed by atoms with Crippen molar-refractivity contribution < 1.29 is 0 Å². The van der Waals surface area contributed by atoms with Crippen molar-refractivity contribution in [3.63, 3.8) is 0 Å². The Bertz CT molecular complexity index is 2410. The predicted octanol–water partition coefficient (Wildman–Crippen LogP) is 14.1. The molecule has 0 radical (unpaired) electrons. The highest BCUT2D eigenvalue weighted by molar-refractivity contribution is 5.99. The smallest absolute Gasteiger partial charge is 0.0543 e. The quantitative estimate of drug-likeness (QED) is 0.164. The van der Waals surface area contributed by atoms with E-state index in [1.165, 1.54) is 72.4 Å². The lowest BCUT2D eigenvalue weighted by atomic mass is 9.78. The van der Waals surface area contributed by atoms with E-state index in [9.17, 15) is 0 Å². The first-order valence-electron chi connectivity index (χ1n) is 18.1. The summed E-state index contributed by atoms with van der Waals surface area (Å²) in [6, 6.07) is 72.7. The van der Waals surface area contributed by atoms with E-state index in [4.69, 9.17) is 0 Å². The molecule has 9 rings (SSSR count). The van der Waals surface area contributed by atoms with Crippen LogP contribution in [0, 0.1) is 0 Å². The topological polar surface area (TPSA) is 3.24 Å². The van der Waals surface area contributed by atoms with Crippen LogP contribution < -0.4 is 4.90 Å². The van der Waals surface area contributed by atoms with E-state index >= 15 is 0 Å². The van der Waals surface area contributed by atoms with Gasteiger partial charge in [-0.05, 0) is 97.6 Å². The molecule has 8 aromatic rings. The Morgan fingerprint density at radius 3 is 1.35 bits per heavy atom. The highest BCUT2D eigenvalue weighted by Crippen LogP contribution is 2.57. The van der Waals surface area contributed by atoms with Crippen molar-refractivity contribution >= 4 is 17.1 Å². The van der Waals surface area contributed by atoms with E-state index in [1.807, 2.05) is 0 Å². The summed E-state index contributed by atoms with van der Waals surface area (Å²) < 4.78 is 0. The monoisotopic (exact) mass is 665 g/mol. The summed E-state index contributed by atoms with van der Waals surface area (Å²) in [6.07, 6.45) is 0. The summed E-state index contributed by atoms with van der Waals surface area (Å²) >= 11 is 0. The van der Waals surface area contributed by atoms with Crippen LogP contribution in [0.5, 0.6) is 0 Å². The minimum atomic E-state index is -0.208. The van der Waals surface area contributed by atoms with Crippen molar-refractivity contribution in [1.82, 2.24) is 0 Å². The number of nitrogens with zero attached hydrogens (tertiary/aromatic N) is 1. The van der Waals surface area contributed by atoms with Gasteiger partial charge >= 0.3 is 0 Å². The lowest BCUT2D eigenvalue weighted by molar-refractivity contribution is 0.662. The Morgan fingerprint density at radius 1 is 0.346 bits per heavy atom. The zero-order chi connectivity index (χ0) is 35.1. The highest BCUT2D eigenvalue weighted by atomic mass is 15.1. The van der Waals surface area contributed by atoms with Gasteiger partial charge < -0.3 is 4.90 Å². The first kappa shape index (κ1) is 31.5. The largest absolute Gasteiger partial charge is 0.310 e. The van der Waals surface area contributed by atoms with Gasteiger partial charge in [-0.25, -0.2) is 0 Å². The van der Waals surface area contributed by atoms with Crippen molar-refractivity contribution in [1.29, 1.82) is 0 Å². The number of fused-ring (bicyclic) bond motifs is 3. The lowest BCUT2D eigenvalue weighted by Gasteiger charge is -2.30. The molecule has 1 aliphatic carbocycles. The fourth-order valence-electron chi connectivity index (χ4n) is 8.11. The van der Waals surface area contributed by atoms with Crippen LogP contribution >= 0.6 is 0 Å². The van der Waals surface area contributed by atoms with E-state index < -0.39 is 0 Å². The predicted molar refractivity (Wildman–Crippen MR) is 220 cm³/mol. The number of hydrogen-bond acceptors (Lipinski definition) is 1. The van der Waals surface area contributed by atoms with Crippen LogP contribution in [0.3, 0.4) is 0 Å². The fraction of sp³-hybridized carbons (Fsp3) is 0.0588. The maximum Gasteiger partial charge on any atom is 0.0543 e. The van der Waals surface area contributed by atoms with Gasteiger partial charge in [0, 0.05) is 22.4 Å². The third-order valence-electron chi connectivity index (χ3n) is 10.7. The number of benzene rings is 8. The average molecular weight is 666 g/mol. The maximum atomic E-state index is 2.45. The second-order valence-electron chi connectivity index (χ2n) is 14.2. The van der Waals surface area contributed by atoms with Gasteiger partial charge in [-0.15, -0.1) is 0 Å². The standard InChI is InChI=1S/C51H39N/c1-51(2)47-24-13-12-23-46(47)49-48(34-33-45(50(49)51)42-22-14-21-41(35-42)38-19-10-5-11-20-38)52(43-29-25-39(26-30-43)36-15-6-3-7-16-36)44-31-27-40(28-32-44)37-17-8-4-9-18-37/h3-35H,1-2H3. The third kappa shape index (κ3) is 5.52. The molecule has 0 atom stereocenters. The molecule has 0 fully saturated rings. The zero-order valence-electron chi connectivity index (χ0n) is 29.5. The number of hydrogen-bond donors (Lipinski definition) is 0. The van der Waals surface area contributed by atoms with E-state index in [-0.39, 0.29) is 5.41 Å². The minimum Gasteiger partial charge on any atom is -0.310 e. The van der Waals surface area contributed by atoms with Crippen molar-refractivity contribution in [2.75, 3.05) is 4.90 Å². The molecule has 0 saturated carbocycles. The van der Waals surface area contributed by atoms with E-state index in [2.05, 4.69) is 219 Å². The van der Waals surface area contributed by atoms with Crippen LogP contribution in [-0.4, -0.2) is 0 Å². The Balaban J connectivity index is 1.26. The van der Waals surface area contributed by atoms with E-state index in [0.717, 1.165) is 11.4 Å². The van der Waals surface area contributed by atoms with Crippen molar-refractivity contribution in [2.45, 2.75) is 19.3 Å². The zero-order valence-corrected chi connectivity index (χ0v) is 29.5. The summed E-state index contributed by atoms with van der Waals surface area (Å²) in [7, 11) is 0. The maximum absolute atomic E-state index is 2.45. The van der Waals surface area contributed by atoms with Gasteiger partial charge in [-0.3, -0.25) is 0 Å². The van der Waals surface area contributed by atoms with Gasteiger partial charge in [0.2, 0.25) is 0 Å². The van der Waals surface area contributed by atoms with Crippen molar-refractivity contribution in [2.24, 2.45) is 0 Å². The van der Waals surface area contributed by atoms with Crippen LogP contribution in [0.2, 0.25) is 0 Å². The molecule has 1 nitrogen and oxygen atoms in total.